The van der Waals surface area contributed by atoms with Gasteiger partial charge in [0.25, 0.3) is 0 Å². The highest BCUT2D eigenvalue weighted by molar-refractivity contribution is 5.69. The first-order chi connectivity index (χ1) is 14.8. The van der Waals surface area contributed by atoms with E-state index in [9.17, 15) is 9.90 Å². The molecule has 1 aromatic heterocycles. The Morgan fingerprint density at radius 2 is 1.87 bits per heavy atom. The fourth-order valence-electron chi connectivity index (χ4n) is 4.25. The van der Waals surface area contributed by atoms with Crippen LogP contribution in [0.15, 0.2) is 17.9 Å². The number of aliphatic carboxylic acids is 1. The maximum atomic E-state index is 11.0. The first kappa shape index (κ1) is 26.9. The maximum Gasteiger partial charge on any atom is 0.309 e. The lowest BCUT2D eigenvalue weighted by molar-refractivity contribution is -0.136. The van der Waals surface area contributed by atoms with Gasteiger partial charge < -0.3 is 10.2 Å². The summed E-state index contributed by atoms with van der Waals surface area (Å²) in [4.78, 5) is 15.6. The number of rotatable bonds is 8. The number of aromatic nitrogens is 1. The lowest BCUT2D eigenvalue weighted by Crippen LogP contribution is -2.32. The molecule has 1 aliphatic carbocycles. The van der Waals surface area contributed by atoms with Gasteiger partial charge in [0.2, 0.25) is 0 Å². The van der Waals surface area contributed by atoms with Gasteiger partial charge in [0.1, 0.15) is 5.76 Å². The molecule has 1 aliphatic rings. The van der Waals surface area contributed by atoms with Gasteiger partial charge in [-0.25, -0.2) is 0 Å². The van der Waals surface area contributed by atoms with E-state index in [0.29, 0.717) is 11.6 Å². The molecule has 0 radical (unpaired) electrons. The highest BCUT2D eigenvalue weighted by Gasteiger charge is 2.11. The Morgan fingerprint density at radius 3 is 2.35 bits per heavy atom. The molecule has 1 atom stereocenters. The van der Waals surface area contributed by atoms with Gasteiger partial charge in [-0.1, -0.05) is 78.2 Å². The third-order valence-corrected chi connectivity index (χ3v) is 6.08. The molecule has 0 aromatic carbocycles. The van der Waals surface area contributed by atoms with Gasteiger partial charge in [-0.3, -0.25) is 9.78 Å². The van der Waals surface area contributed by atoms with Crippen LogP contribution >= 0.6 is 0 Å². The predicted octanol–water partition coefficient (Wildman–Crippen LogP) is 5.71. The average Bonchev–Trinajstić information content (AvgIpc) is 2.75. The number of nitrogens with zero attached hydrogens (tertiary/aromatic N) is 1. The van der Waals surface area contributed by atoms with Crippen molar-refractivity contribution in [2.45, 2.75) is 98.8 Å². The Hall–Kier alpha value is -2.10. The van der Waals surface area contributed by atoms with Gasteiger partial charge in [-0.05, 0) is 55.5 Å². The standard InChI is InChI=1S/C19H27NO3.C8H16/c1-5-8-13(4)9-18-17(12-16(21)7-3)14(6-2)10-15(20-18)11-19(22)23;1-2-8-6-4-3-5-7-8/h6-7,10,12-13,21H,5,8-9,11H2,1-4H3,(H,22,23);8H,2-7H2,1H3/b14-6-,16-7+,17-12+;. The van der Waals surface area contributed by atoms with Crippen LogP contribution in [0.1, 0.15) is 97.4 Å². The van der Waals surface area contributed by atoms with Gasteiger partial charge in [0, 0.05) is 10.9 Å². The molecule has 0 saturated heterocycles. The number of allylic oxidation sites excluding steroid dienone is 2. The number of carbonyl (C=O) groups is 1. The highest BCUT2D eigenvalue weighted by Crippen LogP contribution is 2.25. The number of carboxylic acids is 1. The van der Waals surface area contributed by atoms with Crippen molar-refractivity contribution in [2.24, 2.45) is 11.8 Å². The van der Waals surface area contributed by atoms with E-state index in [-0.39, 0.29) is 12.2 Å². The summed E-state index contributed by atoms with van der Waals surface area (Å²) in [6.07, 6.45) is 17.1. The Bertz CT molecular complexity index is 820. The van der Waals surface area contributed by atoms with E-state index in [2.05, 4.69) is 25.8 Å². The number of aliphatic hydroxyl groups excluding tert-OH is 1. The van der Waals surface area contributed by atoms with Crippen LogP contribution in [0, 0.1) is 11.8 Å². The molecular weight excluding hydrogens is 386 g/mol. The molecular formula is C27H43NO3. The summed E-state index contributed by atoms with van der Waals surface area (Å²) in [6, 6.07) is 1.79. The van der Waals surface area contributed by atoms with E-state index in [0.717, 1.165) is 41.3 Å². The van der Waals surface area contributed by atoms with Crippen LogP contribution in [0.5, 0.6) is 0 Å². The van der Waals surface area contributed by atoms with E-state index < -0.39 is 5.97 Å². The second-order valence-corrected chi connectivity index (χ2v) is 8.79. The van der Waals surface area contributed by atoms with Crippen LogP contribution in [-0.2, 0) is 17.6 Å². The predicted molar refractivity (Wildman–Crippen MR) is 130 cm³/mol. The molecule has 0 bridgehead atoms. The largest absolute Gasteiger partial charge is 0.508 e. The van der Waals surface area contributed by atoms with E-state index in [4.69, 9.17) is 5.11 Å². The summed E-state index contributed by atoms with van der Waals surface area (Å²) >= 11 is 0. The molecule has 1 unspecified atom stereocenters. The van der Waals surface area contributed by atoms with E-state index in [1.807, 2.05) is 13.0 Å². The zero-order chi connectivity index (χ0) is 23.2. The van der Waals surface area contributed by atoms with Crippen molar-refractivity contribution in [3.05, 3.63) is 39.7 Å². The molecule has 4 nitrogen and oxygen atoms in total. The molecule has 0 aliphatic heterocycles. The molecule has 0 amide bonds. The van der Waals surface area contributed by atoms with Gasteiger partial charge >= 0.3 is 5.97 Å². The van der Waals surface area contributed by atoms with Crippen LogP contribution in [0.4, 0.5) is 0 Å². The van der Waals surface area contributed by atoms with Crippen LogP contribution in [-0.4, -0.2) is 21.2 Å². The van der Waals surface area contributed by atoms with E-state index >= 15 is 0 Å². The van der Waals surface area contributed by atoms with Crippen LogP contribution in [0.3, 0.4) is 0 Å². The monoisotopic (exact) mass is 429 g/mol. The molecule has 1 saturated carbocycles. The number of hydrogen-bond acceptors (Lipinski definition) is 3. The van der Waals surface area contributed by atoms with Gasteiger partial charge in [0.05, 0.1) is 12.1 Å². The lowest BCUT2D eigenvalue weighted by atomic mass is 9.88. The van der Waals surface area contributed by atoms with Crippen molar-refractivity contribution in [3.8, 4) is 0 Å². The number of hydrogen-bond donors (Lipinski definition) is 2. The summed E-state index contributed by atoms with van der Waals surface area (Å²) in [5.74, 6) is 0.839. The molecule has 2 rings (SSSR count). The molecule has 1 fully saturated rings. The minimum Gasteiger partial charge on any atom is -0.508 e. The van der Waals surface area contributed by atoms with Gasteiger partial charge in [-0.15, -0.1) is 0 Å². The van der Waals surface area contributed by atoms with Gasteiger partial charge in [-0.2, -0.15) is 0 Å². The molecule has 174 valence electrons. The van der Waals surface area contributed by atoms with Crippen LogP contribution in [0.2, 0.25) is 0 Å². The summed E-state index contributed by atoms with van der Waals surface area (Å²) in [6.45, 7) is 10.3. The topological polar surface area (TPSA) is 70.4 Å². The number of pyridine rings is 1. The summed E-state index contributed by atoms with van der Waals surface area (Å²) in [5.41, 5.74) is 1.41. The molecule has 2 N–H and O–H groups in total. The van der Waals surface area contributed by atoms with Crippen molar-refractivity contribution < 1.29 is 15.0 Å². The Labute approximate surface area is 188 Å². The first-order valence-electron chi connectivity index (χ1n) is 12.1. The second-order valence-electron chi connectivity index (χ2n) is 8.79. The van der Waals surface area contributed by atoms with Crippen molar-refractivity contribution in [1.82, 2.24) is 4.98 Å². The zero-order valence-electron chi connectivity index (χ0n) is 20.3. The average molecular weight is 430 g/mol. The maximum absolute atomic E-state index is 11.0. The van der Waals surface area contributed by atoms with Crippen molar-refractivity contribution in [2.75, 3.05) is 0 Å². The highest BCUT2D eigenvalue weighted by atomic mass is 16.4. The summed E-state index contributed by atoms with van der Waals surface area (Å²) < 4.78 is 0. The molecule has 4 heteroatoms. The van der Waals surface area contributed by atoms with Crippen LogP contribution < -0.4 is 10.4 Å². The van der Waals surface area contributed by atoms with E-state index in [1.165, 1.54) is 38.5 Å². The quantitative estimate of drug-likeness (QED) is 0.520. The van der Waals surface area contributed by atoms with E-state index in [1.54, 1.807) is 25.1 Å². The SMILES string of the molecule is C/C=c1/cc(CC(=O)O)nc(CC(C)CCC)/c1=C/C(O)=C\C.CCC1CCCCC1. The van der Waals surface area contributed by atoms with Crippen molar-refractivity contribution in [1.29, 1.82) is 0 Å². The second kappa shape index (κ2) is 14.8. The smallest absolute Gasteiger partial charge is 0.309 e. The number of aliphatic hydroxyl groups is 1. The van der Waals surface area contributed by atoms with Gasteiger partial charge in [0.15, 0.2) is 0 Å². The zero-order valence-corrected chi connectivity index (χ0v) is 20.3. The first-order valence-corrected chi connectivity index (χ1v) is 12.1. The number of carboxylic acid groups (broad SMARTS) is 1. The minimum atomic E-state index is -0.889. The summed E-state index contributed by atoms with van der Waals surface area (Å²) in [5, 5.41) is 20.7. The Balaban J connectivity index is 0.000000500. The van der Waals surface area contributed by atoms with Crippen molar-refractivity contribution >= 4 is 18.1 Å². The molecule has 1 aromatic rings. The fourth-order valence-corrected chi connectivity index (χ4v) is 4.25. The fraction of sp³-hybridized carbons (Fsp3) is 0.630. The van der Waals surface area contributed by atoms with Crippen LogP contribution in [0.25, 0.3) is 12.2 Å². The third-order valence-electron chi connectivity index (χ3n) is 6.08. The third kappa shape index (κ3) is 10.2. The van der Waals surface area contributed by atoms with Crippen molar-refractivity contribution in [3.63, 3.8) is 0 Å². The molecule has 1 heterocycles. The Kier molecular flexibility index (Phi) is 12.9. The Morgan fingerprint density at radius 1 is 1.19 bits per heavy atom. The normalized spacial score (nSPS) is 17.3. The summed E-state index contributed by atoms with van der Waals surface area (Å²) in [7, 11) is 0. The minimum absolute atomic E-state index is 0.0914. The lowest BCUT2D eigenvalue weighted by Gasteiger charge is -2.18. The molecule has 31 heavy (non-hydrogen) atoms. The molecule has 0 spiro atoms.